The summed E-state index contributed by atoms with van der Waals surface area (Å²) in [5.41, 5.74) is 1.41. The van der Waals surface area contributed by atoms with E-state index in [9.17, 15) is 0 Å². The van der Waals surface area contributed by atoms with E-state index < -0.39 is 0 Å². The summed E-state index contributed by atoms with van der Waals surface area (Å²) in [6.07, 6.45) is 4.49. The first-order valence-corrected chi connectivity index (χ1v) is 8.31. The van der Waals surface area contributed by atoms with Gasteiger partial charge in [-0.2, -0.15) is 0 Å². The average molecular weight is 302 g/mol. The predicted molar refractivity (Wildman–Crippen MR) is 86.9 cm³/mol. The van der Waals surface area contributed by atoms with Crippen molar-refractivity contribution in [2.24, 2.45) is 5.92 Å². The molecule has 1 aromatic heterocycles. The number of aromatic nitrogens is 1. The minimum atomic E-state index is 0.771. The maximum absolute atomic E-state index is 5.21. The van der Waals surface area contributed by atoms with Crippen molar-refractivity contribution in [3.63, 3.8) is 0 Å². The first kappa shape index (κ1) is 14.5. The molecule has 0 aliphatic carbocycles. The van der Waals surface area contributed by atoms with E-state index in [4.69, 9.17) is 4.74 Å². The van der Waals surface area contributed by atoms with Crippen LogP contribution in [0.25, 0.3) is 0 Å². The van der Waals surface area contributed by atoms with Crippen molar-refractivity contribution >= 4 is 11.3 Å². The number of likely N-dealkylation sites (tertiary alicyclic amines) is 1. The van der Waals surface area contributed by atoms with Crippen molar-refractivity contribution in [1.82, 2.24) is 9.88 Å². The molecule has 3 nitrogen and oxygen atoms in total. The molecule has 2 heterocycles. The summed E-state index contributed by atoms with van der Waals surface area (Å²) < 4.78 is 5.21. The zero-order chi connectivity index (χ0) is 14.7. The Morgan fingerprint density at radius 2 is 2.14 bits per heavy atom. The number of hydrogen-bond donors (Lipinski definition) is 0. The molecule has 0 amide bonds. The first-order chi connectivity index (χ1) is 10.2. The van der Waals surface area contributed by atoms with Crippen LogP contribution in [-0.2, 0) is 13.0 Å². The molecule has 4 heteroatoms. The third-order valence-corrected chi connectivity index (χ3v) is 5.00. The Balaban J connectivity index is 1.52. The summed E-state index contributed by atoms with van der Waals surface area (Å²) in [4.78, 5) is 8.29. The van der Waals surface area contributed by atoms with Crippen molar-refractivity contribution < 1.29 is 4.74 Å². The van der Waals surface area contributed by atoms with E-state index in [2.05, 4.69) is 41.1 Å². The molecule has 0 bridgehead atoms. The molecule has 3 rings (SSSR count). The van der Waals surface area contributed by atoms with Gasteiger partial charge in [0.2, 0.25) is 0 Å². The van der Waals surface area contributed by atoms with Crippen LogP contribution in [0.2, 0.25) is 0 Å². The van der Waals surface area contributed by atoms with E-state index in [0.717, 1.165) is 18.2 Å². The number of ether oxygens (including phenoxy) is 1. The molecule has 0 N–H and O–H groups in total. The monoisotopic (exact) mass is 302 g/mol. The largest absolute Gasteiger partial charge is 0.497 e. The molecule has 1 unspecified atom stereocenters. The maximum Gasteiger partial charge on any atom is 0.118 e. The van der Waals surface area contributed by atoms with Gasteiger partial charge in [-0.05, 0) is 49.9 Å². The van der Waals surface area contributed by atoms with Crippen LogP contribution in [0, 0.1) is 12.8 Å². The molecule has 0 radical (unpaired) electrons. The van der Waals surface area contributed by atoms with Crippen LogP contribution >= 0.6 is 11.3 Å². The van der Waals surface area contributed by atoms with Crippen LogP contribution in [0.3, 0.4) is 0 Å². The minimum absolute atomic E-state index is 0.771. The van der Waals surface area contributed by atoms with Crippen molar-refractivity contribution in [2.45, 2.75) is 26.3 Å². The highest BCUT2D eigenvalue weighted by molar-refractivity contribution is 7.11. The lowest BCUT2D eigenvalue weighted by Crippen LogP contribution is -2.20. The highest BCUT2D eigenvalue weighted by Gasteiger charge is 2.23. The lowest BCUT2D eigenvalue weighted by Gasteiger charge is -2.14. The molecule has 1 aliphatic heterocycles. The van der Waals surface area contributed by atoms with Crippen LogP contribution in [0.5, 0.6) is 5.75 Å². The highest BCUT2D eigenvalue weighted by Crippen LogP contribution is 2.24. The lowest BCUT2D eigenvalue weighted by molar-refractivity contribution is 0.319. The molecule has 0 spiro atoms. The van der Waals surface area contributed by atoms with E-state index in [0.29, 0.717) is 0 Å². The van der Waals surface area contributed by atoms with Crippen molar-refractivity contribution in [1.29, 1.82) is 0 Å². The third-order valence-electron chi connectivity index (χ3n) is 4.10. The van der Waals surface area contributed by atoms with Gasteiger partial charge in [0.05, 0.1) is 12.1 Å². The van der Waals surface area contributed by atoms with Crippen LogP contribution in [0.4, 0.5) is 0 Å². The van der Waals surface area contributed by atoms with Gasteiger partial charge in [0, 0.05) is 24.2 Å². The third kappa shape index (κ3) is 3.83. The molecule has 1 atom stereocenters. The Kier molecular flexibility index (Phi) is 4.56. The molecular formula is C17H22N2OS. The standard InChI is InChI=1S/C17H22N2OS/c1-13-18-10-17(21-13)12-19-8-7-15(11-19)9-14-3-5-16(20-2)6-4-14/h3-6,10,15H,7-9,11-12H2,1-2H3. The lowest BCUT2D eigenvalue weighted by atomic mass is 9.99. The molecule has 2 aromatic rings. The summed E-state index contributed by atoms with van der Waals surface area (Å²) in [7, 11) is 1.71. The molecule has 1 aromatic carbocycles. The number of rotatable bonds is 5. The number of hydrogen-bond acceptors (Lipinski definition) is 4. The summed E-state index contributed by atoms with van der Waals surface area (Å²) in [6, 6.07) is 8.49. The van der Waals surface area contributed by atoms with Crippen molar-refractivity contribution in [3.05, 3.63) is 45.9 Å². The second-order valence-electron chi connectivity index (χ2n) is 5.79. The Bertz CT molecular complexity index is 579. The Morgan fingerprint density at radius 1 is 1.33 bits per heavy atom. The number of nitrogens with zero attached hydrogens (tertiary/aromatic N) is 2. The van der Waals surface area contributed by atoms with Gasteiger partial charge in [0.15, 0.2) is 0 Å². The van der Waals surface area contributed by atoms with E-state index in [1.165, 1.54) is 41.4 Å². The van der Waals surface area contributed by atoms with Gasteiger partial charge in [-0.3, -0.25) is 4.90 Å². The Labute approximate surface area is 130 Å². The first-order valence-electron chi connectivity index (χ1n) is 7.49. The molecule has 1 fully saturated rings. The molecule has 0 saturated carbocycles. The number of aryl methyl sites for hydroxylation is 1. The molecule has 1 aliphatic rings. The normalized spacial score (nSPS) is 19.0. The van der Waals surface area contributed by atoms with Gasteiger partial charge in [0.25, 0.3) is 0 Å². The fourth-order valence-corrected chi connectivity index (χ4v) is 3.85. The second kappa shape index (κ2) is 6.58. The smallest absolute Gasteiger partial charge is 0.118 e. The Hall–Kier alpha value is -1.39. The summed E-state index contributed by atoms with van der Waals surface area (Å²) >= 11 is 1.82. The average Bonchev–Trinajstić information content (AvgIpc) is 3.09. The van der Waals surface area contributed by atoms with Gasteiger partial charge in [-0.1, -0.05) is 12.1 Å². The van der Waals surface area contributed by atoms with Crippen LogP contribution in [0.1, 0.15) is 21.9 Å². The summed E-state index contributed by atoms with van der Waals surface area (Å²) in [6.45, 7) is 5.54. The fraction of sp³-hybridized carbons (Fsp3) is 0.471. The van der Waals surface area contributed by atoms with E-state index in [1.54, 1.807) is 7.11 Å². The summed E-state index contributed by atoms with van der Waals surface area (Å²) in [5, 5.41) is 1.17. The van der Waals surface area contributed by atoms with Crippen LogP contribution < -0.4 is 4.74 Å². The number of thiazole rings is 1. The predicted octanol–water partition coefficient (Wildman–Crippen LogP) is 3.52. The molecule has 21 heavy (non-hydrogen) atoms. The summed E-state index contributed by atoms with van der Waals surface area (Å²) in [5.74, 6) is 1.71. The topological polar surface area (TPSA) is 25.4 Å². The van der Waals surface area contributed by atoms with E-state index in [-0.39, 0.29) is 0 Å². The van der Waals surface area contributed by atoms with Gasteiger partial charge < -0.3 is 4.74 Å². The van der Waals surface area contributed by atoms with Gasteiger partial charge in [-0.25, -0.2) is 4.98 Å². The molecular weight excluding hydrogens is 280 g/mol. The highest BCUT2D eigenvalue weighted by atomic mass is 32.1. The molecule has 112 valence electrons. The molecule has 1 saturated heterocycles. The SMILES string of the molecule is COc1ccc(CC2CCN(Cc3cnc(C)s3)C2)cc1. The zero-order valence-corrected chi connectivity index (χ0v) is 13.5. The maximum atomic E-state index is 5.21. The van der Waals surface area contributed by atoms with E-state index in [1.807, 2.05) is 17.5 Å². The van der Waals surface area contributed by atoms with Crippen molar-refractivity contribution in [2.75, 3.05) is 20.2 Å². The minimum Gasteiger partial charge on any atom is -0.497 e. The van der Waals surface area contributed by atoms with Gasteiger partial charge in [0.1, 0.15) is 5.75 Å². The number of methoxy groups -OCH3 is 1. The van der Waals surface area contributed by atoms with Crippen LogP contribution in [-0.4, -0.2) is 30.1 Å². The van der Waals surface area contributed by atoms with Gasteiger partial charge >= 0.3 is 0 Å². The number of benzene rings is 1. The quantitative estimate of drug-likeness (QED) is 0.845. The Morgan fingerprint density at radius 3 is 2.81 bits per heavy atom. The van der Waals surface area contributed by atoms with Crippen LogP contribution in [0.15, 0.2) is 30.5 Å². The zero-order valence-electron chi connectivity index (χ0n) is 12.7. The second-order valence-corrected chi connectivity index (χ2v) is 7.11. The van der Waals surface area contributed by atoms with Gasteiger partial charge in [-0.15, -0.1) is 11.3 Å². The van der Waals surface area contributed by atoms with E-state index >= 15 is 0 Å². The van der Waals surface area contributed by atoms with Crippen molar-refractivity contribution in [3.8, 4) is 5.75 Å². The fourth-order valence-electron chi connectivity index (χ4n) is 3.02.